The third-order valence-electron chi connectivity index (χ3n) is 6.50. The number of nitrogens with zero attached hydrogens (tertiary/aromatic N) is 4. The lowest BCUT2D eigenvalue weighted by Gasteiger charge is -2.22. The minimum absolute atomic E-state index is 0.0581. The molecule has 3 N–H and O–H groups in total. The van der Waals surface area contributed by atoms with Crippen molar-refractivity contribution in [2.75, 3.05) is 18.4 Å². The van der Waals surface area contributed by atoms with Gasteiger partial charge in [-0.25, -0.2) is 9.97 Å². The van der Waals surface area contributed by atoms with Crippen LogP contribution in [-0.2, 0) is 11.2 Å². The molecule has 8 heteroatoms. The highest BCUT2D eigenvalue weighted by molar-refractivity contribution is 5.85. The molecule has 4 aromatic rings. The molecule has 158 valence electrons. The summed E-state index contributed by atoms with van der Waals surface area (Å²) in [4.78, 5) is 26.8. The number of aryl methyl sites for hydroxylation is 1. The first kappa shape index (κ1) is 18.4. The molecule has 1 amide bonds. The van der Waals surface area contributed by atoms with E-state index in [1.54, 1.807) is 11.8 Å². The highest BCUT2D eigenvalue weighted by atomic mass is 16.3. The zero-order valence-electron chi connectivity index (χ0n) is 17.3. The van der Waals surface area contributed by atoms with Gasteiger partial charge in [0.05, 0.1) is 35.1 Å². The second kappa shape index (κ2) is 6.81. The molecule has 0 aliphatic carbocycles. The van der Waals surface area contributed by atoms with Crippen LogP contribution in [0.2, 0.25) is 0 Å². The molecule has 1 fully saturated rings. The molecule has 6 rings (SSSR count). The minimum Gasteiger partial charge on any atom is -0.391 e. The fourth-order valence-corrected chi connectivity index (χ4v) is 5.04. The normalized spacial score (nSPS) is 20.9. The van der Waals surface area contributed by atoms with Gasteiger partial charge in [0.15, 0.2) is 5.65 Å². The predicted octanol–water partition coefficient (Wildman–Crippen LogP) is 2.89. The number of carbonyl (C=O) groups excluding carboxylic acids is 1. The molecule has 2 aliphatic heterocycles. The van der Waals surface area contributed by atoms with E-state index in [0.717, 1.165) is 58.8 Å². The number of hydrogen-bond acceptors (Lipinski definition) is 5. The standard InChI is InChI=1S/C23H24N6O2/c1-13(30)28-12-16(31)10-19(28)23-27-21(15-5-4-14-3-2-7-24-17(14)9-15)20-11-26-22-18(29(20)23)6-8-25-22/h4-6,8-9,11,16,19,24-25,31H,2-3,7,10,12H2,1H3. The van der Waals surface area contributed by atoms with Crippen LogP contribution in [0.1, 0.15) is 37.2 Å². The number of nitrogens with one attached hydrogen (secondary N) is 2. The van der Waals surface area contributed by atoms with Gasteiger partial charge in [-0.1, -0.05) is 12.1 Å². The number of fused-ring (bicyclic) bond motifs is 4. The van der Waals surface area contributed by atoms with Gasteiger partial charge >= 0.3 is 0 Å². The predicted molar refractivity (Wildman–Crippen MR) is 118 cm³/mol. The lowest BCUT2D eigenvalue weighted by atomic mass is 10.00. The number of H-pyrrole nitrogens is 1. The molecule has 0 radical (unpaired) electrons. The van der Waals surface area contributed by atoms with Crippen LogP contribution < -0.4 is 5.32 Å². The fraction of sp³-hybridized carbons (Fsp3) is 0.348. The van der Waals surface area contributed by atoms with Gasteiger partial charge in [-0.05, 0) is 30.5 Å². The van der Waals surface area contributed by atoms with E-state index in [-0.39, 0.29) is 11.9 Å². The first-order valence-corrected chi connectivity index (χ1v) is 10.8. The van der Waals surface area contributed by atoms with Crippen molar-refractivity contribution in [2.24, 2.45) is 0 Å². The van der Waals surface area contributed by atoms with Gasteiger partial charge < -0.3 is 20.3 Å². The third-order valence-corrected chi connectivity index (χ3v) is 6.50. The van der Waals surface area contributed by atoms with Crippen molar-refractivity contribution in [3.05, 3.63) is 48.0 Å². The topological polar surface area (TPSA) is 98.6 Å². The van der Waals surface area contributed by atoms with Crippen LogP contribution in [-0.4, -0.2) is 54.5 Å². The van der Waals surface area contributed by atoms with Crippen LogP contribution in [0.25, 0.3) is 27.9 Å². The van der Waals surface area contributed by atoms with E-state index in [4.69, 9.17) is 4.98 Å². The Morgan fingerprint density at radius 3 is 3.03 bits per heavy atom. The summed E-state index contributed by atoms with van der Waals surface area (Å²) in [5.41, 5.74) is 6.90. The molecule has 2 aliphatic rings. The maximum absolute atomic E-state index is 12.3. The second-order valence-corrected chi connectivity index (χ2v) is 8.49. The lowest BCUT2D eigenvalue weighted by molar-refractivity contribution is -0.130. The number of anilines is 1. The quantitative estimate of drug-likeness (QED) is 0.467. The summed E-state index contributed by atoms with van der Waals surface area (Å²) in [5.74, 6) is 0.701. The molecule has 3 aromatic heterocycles. The molecule has 31 heavy (non-hydrogen) atoms. The van der Waals surface area contributed by atoms with E-state index in [1.807, 2.05) is 18.5 Å². The Morgan fingerprint density at radius 2 is 2.16 bits per heavy atom. The number of benzene rings is 1. The van der Waals surface area contributed by atoms with Gasteiger partial charge in [0.1, 0.15) is 5.82 Å². The SMILES string of the molecule is CC(=O)N1CC(O)CC1c1nc(-c2ccc3c(c2)NCCC3)c2cnc3[nH]ccc3n12. The summed E-state index contributed by atoms with van der Waals surface area (Å²) in [6.07, 6.45) is 5.83. The summed E-state index contributed by atoms with van der Waals surface area (Å²) in [6, 6.07) is 8.14. The van der Waals surface area contributed by atoms with Crippen molar-refractivity contribution in [3.63, 3.8) is 0 Å². The molecular weight excluding hydrogens is 392 g/mol. The number of amides is 1. The highest BCUT2D eigenvalue weighted by Gasteiger charge is 2.37. The van der Waals surface area contributed by atoms with Crippen LogP contribution >= 0.6 is 0 Å². The lowest BCUT2D eigenvalue weighted by Crippen LogP contribution is -2.30. The minimum atomic E-state index is -0.554. The van der Waals surface area contributed by atoms with Crippen LogP contribution in [0.5, 0.6) is 0 Å². The Morgan fingerprint density at radius 1 is 1.26 bits per heavy atom. The monoisotopic (exact) mass is 416 g/mol. The van der Waals surface area contributed by atoms with Crippen LogP contribution in [0, 0.1) is 0 Å². The van der Waals surface area contributed by atoms with Crippen LogP contribution in [0.15, 0.2) is 36.7 Å². The Kier molecular flexibility index (Phi) is 4.04. The van der Waals surface area contributed by atoms with Crippen molar-refractivity contribution in [1.82, 2.24) is 24.3 Å². The maximum atomic E-state index is 12.3. The van der Waals surface area contributed by atoms with Crippen molar-refractivity contribution >= 4 is 28.3 Å². The van der Waals surface area contributed by atoms with Crippen molar-refractivity contribution < 1.29 is 9.90 Å². The Labute approximate surface area is 178 Å². The smallest absolute Gasteiger partial charge is 0.220 e. The fourth-order valence-electron chi connectivity index (χ4n) is 5.04. The van der Waals surface area contributed by atoms with Gasteiger partial charge in [-0.3, -0.25) is 9.20 Å². The maximum Gasteiger partial charge on any atom is 0.220 e. The first-order valence-electron chi connectivity index (χ1n) is 10.8. The van der Waals surface area contributed by atoms with Gasteiger partial charge in [-0.15, -0.1) is 0 Å². The summed E-state index contributed by atoms with van der Waals surface area (Å²) >= 11 is 0. The zero-order chi connectivity index (χ0) is 21.1. The Balaban J connectivity index is 1.59. The van der Waals surface area contributed by atoms with E-state index in [1.165, 1.54) is 5.56 Å². The van der Waals surface area contributed by atoms with E-state index in [2.05, 4.69) is 37.9 Å². The van der Waals surface area contributed by atoms with Gasteiger partial charge in [0.25, 0.3) is 0 Å². The van der Waals surface area contributed by atoms with E-state index in [0.29, 0.717) is 13.0 Å². The summed E-state index contributed by atoms with van der Waals surface area (Å²) < 4.78 is 2.08. The highest BCUT2D eigenvalue weighted by Crippen LogP contribution is 2.37. The Bertz CT molecular complexity index is 1320. The first-order chi connectivity index (χ1) is 15.1. The molecule has 1 aromatic carbocycles. The molecular formula is C23H24N6O2. The summed E-state index contributed by atoms with van der Waals surface area (Å²) in [6.45, 7) is 2.85. The molecule has 8 nitrogen and oxygen atoms in total. The molecule has 2 atom stereocenters. The summed E-state index contributed by atoms with van der Waals surface area (Å²) in [7, 11) is 0. The van der Waals surface area contributed by atoms with Gasteiger partial charge in [0.2, 0.25) is 5.91 Å². The third kappa shape index (κ3) is 2.82. The Hall–Kier alpha value is -3.39. The van der Waals surface area contributed by atoms with Crippen molar-refractivity contribution in [2.45, 2.75) is 38.3 Å². The number of rotatable bonds is 2. The zero-order valence-corrected chi connectivity index (χ0v) is 17.3. The number of aromatic nitrogens is 4. The number of likely N-dealkylation sites (tertiary alicyclic amines) is 1. The number of carbonyl (C=O) groups is 1. The van der Waals surface area contributed by atoms with Crippen LogP contribution in [0.3, 0.4) is 0 Å². The molecule has 5 heterocycles. The van der Waals surface area contributed by atoms with E-state index in [9.17, 15) is 9.90 Å². The van der Waals surface area contributed by atoms with Gasteiger partial charge in [-0.2, -0.15) is 0 Å². The average Bonchev–Trinajstić information content (AvgIpc) is 3.48. The molecule has 2 unspecified atom stereocenters. The molecule has 0 saturated carbocycles. The summed E-state index contributed by atoms with van der Waals surface area (Å²) in [5, 5.41) is 13.8. The second-order valence-electron chi connectivity index (χ2n) is 8.49. The average molecular weight is 416 g/mol. The number of aliphatic hydroxyl groups excluding tert-OH is 1. The molecule has 0 bridgehead atoms. The number of aromatic amines is 1. The van der Waals surface area contributed by atoms with Crippen molar-refractivity contribution in [3.8, 4) is 11.3 Å². The van der Waals surface area contributed by atoms with Crippen LogP contribution in [0.4, 0.5) is 5.69 Å². The number of aliphatic hydroxyl groups is 1. The van der Waals surface area contributed by atoms with Crippen molar-refractivity contribution in [1.29, 1.82) is 0 Å². The largest absolute Gasteiger partial charge is 0.391 e. The number of β-amino-alcohol motifs (C(OH)–C–C–N with tert-alkyl or cyclic N) is 1. The number of hydrogen-bond donors (Lipinski definition) is 3. The van der Waals surface area contributed by atoms with Gasteiger partial charge in [0, 0.05) is 43.9 Å². The molecule has 1 saturated heterocycles. The van der Waals surface area contributed by atoms with E-state index >= 15 is 0 Å². The molecule has 0 spiro atoms. The van der Waals surface area contributed by atoms with E-state index < -0.39 is 6.10 Å². The number of imidazole rings is 1.